The van der Waals surface area contributed by atoms with Gasteiger partial charge in [-0.15, -0.1) is 11.3 Å². The minimum atomic E-state index is -0.609. The lowest BCUT2D eigenvalue weighted by Gasteiger charge is -2.09. The molecule has 0 spiro atoms. The molecule has 132 valence electrons. The van der Waals surface area contributed by atoms with E-state index in [-0.39, 0.29) is 18.1 Å². The Kier molecular flexibility index (Phi) is 6.07. The predicted octanol–water partition coefficient (Wildman–Crippen LogP) is 3.06. The molecule has 0 saturated carbocycles. The van der Waals surface area contributed by atoms with E-state index in [1.165, 1.54) is 30.6 Å². The van der Waals surface area contributed by atoms with Gasteiger partial charge in [-0.2, -0.15) is 0 Å². The molecule has 25 heavy (non-hydrogen) atoms. The summed E-state index contributed by atoms with van der Waals surface area (Å²) in [5.41, 5.74) is 1.10. The summed E-state index contributed by atoms with van der Waals surface area (Å²) in [6, 6.07) is 3.96. The van der Waals surface area contributed by atoms with Crippen LogP contribution in [0.25, 0.3) is 0 Å². The van der Waals surface area contributed by atoms with Gasteiger partial charge in [-0.25, -0.2) is 19.4 Å². The van der Waals surface area contributed by atoms with Crippen molar-refractivity contribution in [3.05, 3.63) is 40.4 Å². The van der Waals surface area contributed by atoms with Crippen LogP contribution in [0.3, 0.4) is 0 Å². The number of aromatic nitrogens is 1. The maximum absolute atomic E-state index is 12.2. The third-order valence-corrected chi connectivity index (χ3v) is 4.08. The van der Waals surface area contributed by atoms with Crippen LogP contribution < -0.4 is 10.6 Å². The van der Waals surface area contributed by atoms with E-state index in [0.29, 0.717) is 16.1 Å². The fourth-order valence-electron chi connectivity index (χ4n) is 1.97. The number of hydrogen-bond donors (Lipinski definition) is 2. The fourth-order valence-corrected chi connectivity index (χ4v) is 2.89. The summed E-state index contributed by atoms with van der Waals surface area (Å²) in [7, 11) is 1.24. The smallest absolute Gasteiger partial charge is 0.356 e. The van der Waals surface area contributed by atoms with Gasteiger partial charge in [0.05, 0.1) is 19.3 Å². The highest BCUT2D eigenvalue weighted by Crippen LogP contribution is 2.28. The molecule has 0 unspecified atom stereocenters. The second-order valence-corrected chi connectivity index (χ2v) is 5.70. The first-order valence-corrected chi connectivity index (χ1v) is 8.22. The predicted molar refractivity (Wildman–Crippen MR) is 93.2 cm³/mol. The number of carbonyl (C=O) groups is 3. The molecule has 2 amide bonds. The maximum Gasteiger partial charge on any atom is 0.356 e. The molecule has 0 radical (unpaired) electrons. The maximum atomic E-state index is 12.2. The number of methoxy groups -OCH3 is 1. The largest absolute Gasteiger partial charge is 0.464 e. The SMILES string of the molecule is CCOC(=O)c1c(C)csc1NC(=O)Nc1cccc(C(=O)OC)n1. The van der Waals surface area contributed by atoms with E-state index in [1.54, 1.807) is 25.3 Å². The average molecular weight is 363 g/mol. The number of thiophene rings is 1. The van der Waals surface area contributed by atoms with Crippen LogP contribution in [0, 0.1) is 6.92 Å². The molecule has 0 saturated heterocycles. The van der Waals surface area contributed by atoms with Gasteiger partial charge in [-0.3, -0.25) is 10.6 Å². The van der Waals surface area contributed by atoms with Crippen LogP contribution in [0.15, 0.2) is 23.6 Å². The van der Waals surface area contributed by atoms with Gasteiger partial charge in [0.1, 0.15) is 10.8 Å². The van der Waals surface area contributed by atoms with Crippen molar-refractivity contribution >= 4 is 40.1 Å². The Morgan fingerprint density at radius 1 is 1.20 bits per heavy atom. The van der Waals surface area contributed by atoms with Crippen LogP contribution in [0.4, 0.5) is 15.6 Å². The number of rotatable bonds is 5. The number of amides is 2. The first-order valence-electron chi connectivity index (χ1n) is 7.34. The zero-order chi connectivity index (χ0) is 18.4. The lowest BCUT2D eigenvalue weighted by atomic mass is 10.2. The van der Waals surface area contributed by atoms with Crippen molar-refractivity contribution in [2.45, 2.75) is 13.8 Å². The first kappa shape index (κ1) is 18.4. The number of urea groups is 1. The van der Waals surface area contributed by atoms with Gasteiger partial charge in [0.25, 0.3) is 0 Å². The molecular weight excluding hydrogens is 346 g/mol. The van der Waals surface area contributed by atoms with Crippen molar-refractivity contribution in [1.82, 2.24) is 4.98 Å². The summed E-state index contributed by atoms with van der Waals surface area (Å²) in [4.78, 5) is 39.6. The molecule has 0 aliphatic rings. The zero-order valence-electron chi connectivity index (χ0n) is 13.9. The standard InChI is InChI=1S/C16H17N3O5S/c1-4-24-15(21)12-9(2)8-25-13(12)19-16(22)18-11-7-5-6-10(17-11)14(20)23-3/h5-8H,4H2,1-3H3,(H2,17,18,19,22). The lowest BCUT2D eigenvalue weighted by Crippen LogP contribution is -2.21. The summed E-state index contributed by atoms with van der Waals surface area (Å²) >= 11 is 1.21. The third-order valence-electron chi connectivity index (χ3n) is 3.07. The summed E-state index contributed by atoms with van der Waals surface area (Å²) in [6.07, 6.45) is 0. The average Bonchev–Trinajstić information content (AvgIpc) is 2.94. The van der Waals surface area contributed by atoms with Gasteiger partial charge in [-0.05, 0) is 36.9 Å². The Morgan fingerprint density at radius 3 is 2.64 bits per heavy atom. The van der Waals surface area contributed by atoms with Crippen LogP contribution in [-0.4, -0.2) is 36.7 Å². The Balaban J connectivity index is 2.11. The van der Waals surface area contributed by atoms with Crippen molar-refractivity contribution in [3.8, 4) is 0 Å². The Morgan fingerprint density at radius 2 is 1.96 bits per heavy atom. The third kappa shape index (κ3) is 4.54. The quantitative estimate of drug-likeness (QED) is 0.791. The van der Waals surface area contributed by atoms with Crippen LogP contribution in [-0.2, 0) is 9.47 Å². The summed E-state index contributed by atoms with van der Waals surface area (Å²) in [5, 5.41) is 7.22. The molecule has 0 aromatic carbocycles. The normalized spacial score (nSPS) is 10.0. The van der Waals surface area contributed by atoms with Crippen molar-refractivity contribution < 1.29 is 23.9 Å². The second kappa shape index (κ2) is 8.25. The van der Waals surface area contributed by atoms with E-state index in [2.05, 4.69) is 20.4 Å². The fraction of sp³-hybridized carbons (Fsp3) is 0.250. The molecule has 0 aliphatic heterocycles. The molecular formula is C16H17N3O5S. The van der Waals surface area contributed by atoms with Crippen molar-refractivity contribution in [2.24, 2.45) is 0 Å². The highest BCUT2D eigenvalue weighted by Gasteiger charge is 2.20. The molecule has 0 fully saturated rings. The van der Waals surface area contributed by atoms with Crippen LogP contribution in [0.2, 0.25) is 0 Å². The number of ether oxygens (including phenoxy) is 2. The van der Waals surface area contributed by atoms with E-state index < -0.39 is 18.0 Å². The van der Waals surface area contributed by atoms with Gasteiger partial charge >= 0.3 is 18.0 Å². The van der Waals surface area contributed by atoms with E-state index in [9.17, 15) is 14.4 Å². The van der Waals surface area contributed by atoms with Gasteiger partial charge in [-0.1, -0.05) is 6.07 Å². The van der Waals surface area contributed by atoms with Gasteiger partial charge in [0.15, 0.2) is 5.69 Å². The van der Waals surface area contributed by atoms with E-state index in [1.807, 2.05) is 0 Å². The van der Waals surface area contributed by atoms with E-state index >= 15 is 0 Å². The number of anilines is 2. The van der Waals surface area contributed by atoms with E-state index in [0.717, 1.165) is 0 Å². The molecule has 0 atom stereocenters. The van der Waals surface area contributed by atoms with Gasteiger partial charge in [0.2, 0.25) is 0 Å². The number of aryl methyl sites for hydroxylation is 1. The molecule has 0 bridgehead atoms. The monoisotopic (exact) mass is 363 g/mol. The second-order valence-electron chi connectivity index (χ2n) is 4.82. The molecule has 2 N–H and O–H groups in total. The molecule has 8 nitrogen and oxygen atoms in total. The minimum absolute atomic E-state index is 0.0690. The summed E-state index contributed by atoms with van der Waals surface area (Å²) < 4.78 is 9.57. The number of carbonyl (C=O) groups excluding carboxylic acids is 3. The lowest BCUT2D eigenvalue weighted by molar-refractivity contribution is 0.0526. The molecule has 2 aromatic heterocycles. The zero-order valence-corrected chi connectivity index (χ0v) is 14.7. The number of esters is 2. The highest BCUT2D eigenvalue weighted by molar-refractivity contribution is 7.15. The Hall–Kier alpha value is -2.94. The van der Waals surface area contributed by atoms with Crippen LogP contribution in [0.1, 0.15) is 33.3 Å². The van der Waals surface area contributed by atoms with Crippen molar-refractivity contribution in [1.29, 1.82) is 0 Å². The summed E-state index contributed by atoms with van der Waals surface area (Å²) in [6.45, 7) is 3.70. The summed E-state index contributed by atoms with van der Waals surface area (Å²) in [5.74, 6) is -0.934. The molecule has 2 rings (SSSR count). The number of nitrogens with zero attached hydrogens (tertiary/aromatic N) is 1. The topological polar surface area (TPSA) is 107 Å². The number of hydrogen-bond acceptors (Lipinski definition) is 7. The van der Waals surface area contributed by atoms with Gasteiger partial charge < -0.3 is 9.47 Å². The van der Waals surface area contributed by atoms with Gasteiger partial charge in [0, 0.05) is 0 Å². The van der Waals surface area contributed by atoms with Crippen molar-refractivity contribution in [2.75, 3.05) is 24.4 Å². The van der Waals surface area contributed by atoms with Crippen LogP contribution >= 0.6 is 11.3 Å². The first-order chi connectivity index (χ1) is 12.0. The van der Waals surface area contributed by atoms with Crippen molar-refractivity contribution in [3.63, 3.8) is 0 Å². The Labute approximate surface area is 148 Å². The Bertz CT molecular complexity index is 803. The molecule has 0 aliphatic carbocycles. The number of nitrogens with one attached hydrogen (secondary N) is 2. The van der Waals surface area contributed by atoms with Crippen LogP contribution in [0.5, 0.6) is 0 Å². The highest BCUT2D eigenvalue weighted by atomic mass is 32.1. The minimum Gasteiger partial charge on any atom is -0.464 e. The molecule has 2 aromatic rings. The van der Waals surface area contributed by atoms with E-state index in [4.69, 9.17) is 4.74 Å². The molecule has 2 heterocycles. The molecule has 9 heteroatoms. The number of pyridine rings is 1.